The van der Waals surface area contributed by atoms with Gasteiger partial charge in [-0.2, -0.15) is 0 Å². The Morgan fingerprint density at radius 2 is 1.68 bits per heavy atom. The topological polar surface area (TPSA) is 3.24 Å². The maximum absolute atomic E-state index is 5.90. The van der Waals surface area contributed by atoms with E-state index in [1.165, 1.54) is 16.8 Å². The van der Waals surface area contributed by atoms with Crippen LogP contribution in [0.25, 0.3) is 0 Å². The molecule has 2 rings (SSSR count). The van der Waals surface area contributed by atoms with Crippen LogP contribution in [0.4, 0.5) is 5.69 Å². The molecule has 0 saturated heterocycles. The van der Waals surface area contributed by atoms with Gasteiger partial charge in [0, 0.05) is 28.4 Å². The van der Waals surface area contributed by atoms with Crippen LogP contribution in [-0.4, -0.2) is 7.05 Å². The first kappa shape index (κ1) is 14.9. The Morgan fingerprint density at radius 3 is 2.26 bits per heavy atom. The van der Waals surface area contributed by atoms with E-state index in [-0.39, 0.29) is 0 Å². The second-order valence-electron chi connectivity index (χ2n) is 4.40. The molecule has 19 heavy (non-hydrogen) atoms. The van der Waals surface area contributed by atoms with Gasteiger partial charge in [0.15, 0.2) is 0 Å². The molecule has 0 aliphatic carbocycles. The van der Waals surface area contributed by atoms with E-state index in [0.717, 1.165) is 21.4 Å². The average molecular weight is 404 g/mol. The molecule has 0 amide bonds. The molecule has 0 radical (unpaired) electrons. The van der Waals surface area contributed by atoms with Gasteiger partial charge >= 0.3 is 0 Å². The van der Waals surface area contributed by atoms with Crippen molar-refractivity contribution in [2.45, 2.75) is 11.9 Å². The zero-order valence-corrected chi connectivity index (χ0v) is 14.5. The first-order valence-corrected chi connectivity index (χ1v) is 8.19. The quantitative estimate of drug-likeness (QED) is 0.598. The summed E-state index contributed by atoms with van der Waals surface area (Å²) in [5.41, 5.74) is 3.68. The molecule has 2 aromatic carbocycles. The van der Waals surface area contributed by atoms with Gasteiger partial charge in [0.05, 0.1) is 5.69 Å². The molecule has 0 spiro atoms. The number of hydrogen-bond acceptors (Lipinski definition) is 1. The molecule has 4 heteroatoms. The molecule has 0 bridgehead atoms. The summed E-state index contributed by atoms with van der Waals surface area (Å²) in [5, 5.41) is 1.64. The fourth-order valence-corrected chi connectivity index (χ4v) is 3.10. The van der Waals surface area contributed by atoms with Gasteiger partial charge < -0.3 is 4.90 Å². The van der Waals surface area contributed by atoms with E-state index < -0.39 is 0 Å². The third kappa shape index (κ3) is 3.98. The summed E-state index contributed by atoms with van der Waals surface area (Å²) in [5.74, 6) is 0. The lowest BCUT2D eigenvalue weighted by molar-refractivity contribution is 0.919. The highest BCUT2D eigenvalue weighted by atomic mass is 79.9. The largest absolute Gasteiger partial charge is 0.369 e. The van der Waals surface area contributed by atoms with Crippen LogP contribution in [0.2, 0.25) is 5.02 Å². The molecule has 0 unspecified atom stereocenters. The lowest BCUT2D eigenvalue weighted by Gasteiger charge is -2.21. The highest BCUT2D eigenvalue weighted by molar-refractivity contribution is 9.10. The second kappa shape index (κ2) is 6.78. The fourth-order valence-electron chi connectivity index (χ4n) is 1.89. The van der Waals surface area contributed by atoms with E-state index >= 15 is 0 Å². The highest BCUT2D eigenvalue weighted by Crippen LogP contribution is 2.28. The molecule has 0 aliphatic heterocycles. The lowest BCUT2D eigenvalue weighted by Crippen LogP contribution is -2.16. The Hall–Kier alpha value is -0.510. The maximum Gasteiger partial charge on any atom is 0.0511 e. The van der Waals surface area contributed by atoms with Crippen molar-refractivity contribution in [1.82, 2.24) is 0 Å². The van der Waals surface area contributed by atoms with Gasteiger partial charge in [-0.1, -0.05) is 45.7 Å². The molecule has 0 heterocycles. The molecule has 0 saturated carbocycles. The number of halogens is 3. The van der Waals surface area contributed by atoms with Crippen molar-refractivity contribution in [1.29, 1.82) is 0 Å². The fraction of sp³-hybridized carbons (Fsp3) is 0.200. The summed E-state index contributed by atoms with van der Waals surface area (Å²) in [6.07, 6.45) is 0. The van der Waals surface area contributed by atoms with Crippen LogP contribution >= 0.6 is 43.5 Å². The van der Waals surface area contributed by atoms with Crippen LogP contribution in [0.1, 0.15) is 11.1 Å². The van der Waals surface area contributed by atoms with Gasteiger partial charge in [-0.05, 0) is 51.3 Å². The molecular weight excluding hydrogens is 389 g/mol. The van der Waals surface area contributed by atoms with Crippen molar-refractivity contribution in [2.24, 2.45) is 0 Å². The van der Waals surface area contributed by atoms with Crippen LogP contribution in [-0.2, 0) is 11.9 Å². The molecule has 0 fully saturated rings. The Labute approximate surface area is 135 Å². The van der Waals surface area contributed by atoms with Gasteiger partial charge in [0.1, 0.15) is 0 Å². The van der Waals surface area contributed by atoms with Crippen LogP contribution in [0.5, 0.6) is 0 Å². The monoisotopic (exact) mass is 401 g/mol. The number of benzene rings is 2. The summed E-state index contributed by atoms with van der Waals surface area (Å²) >= 11 is 13.0. The highest BCUT2D eigenvalue weighted by Gasteiger charge is 2.07. The standard InChI is InChI=1S/C15H14Br2ClN/c1-19(10-11-2-5-13(18)6-3-11)15-7-4-12(9-16)8-14(15)17/h2-8H,9-10H2,1H3. The van der Waals surface area contributed by atoms with Crippen LogP contribution in [0.3, 0.4) is 0 Å². The first-order valence-electron chi connectivity index (χ1n) is 5.90. The summed E-state index contributed by atoms with van der Waals surface area (Å²) in [6, 6.07) is 14.4. The van der Waals surface area contributed by atoms with Gasteiger partial charge in [0.2, 0.25) is 0 Å². The molecule has 0 aromatic heterocycles. The van der Waals surface area contributed by atoms with E-state index in [0.29, 0.717) is 0 Å². The molecular formula is C15H14Br2ClN. The minimum atomic E-state index is 0.772. The SMILES string of the molecule is CN(Cc1ccc(Cl)cc1)c1ccc(CBr)cc1Br. The lowest BCUT2D eigenvalue weighted by atomic mass is 10.2. The number of rotatable bonds is 4. The Bertz CT molecular complexity index is 555. The Morgan fingerprint density at radius 1 is 1.05 bits per heavy atom. The third-order valence-corrected chi connectivity index (χ3v) is 4.45. The van der Waals surface area contributed by atoms with Gasteiger partial charge in [-0.15, -0.1) is 0 Å². The predicted octanol–water partition coefficient (Wildman–Crippen LogP) is 5.63. The van der Waals surface area contributed by atoms with E-state index in [1.54, 1.807) is 0 Å². The molecule has 1 nitrogen and oxygen atoms in total. The number of nitrogens with zero attached hydrogens (tertiary/aromatic N) is 1. The number of alkyl halides is 1. The molecule has 0 atom stereocenters. The van der Waals surface area contributed by atoms with E-state index in [4.69, 9.17) is 11.6 Å². The zero-order chi connectivity index (χ0) is 13.8. The average Bonchev–Trinajstić information content (AvgIpc) is 2.41. The van der Waals surface area contributed by atoms with Crippen LogP contribution in [0.15, 0.2) is 46.9 Å². The minimum absolute atomic E-state index is 0.772. The van der Waals surface area contributed by atoms with E-state index in [2.05, 4.69) is 74.1 Å². The zero-order valence-electron chi connectivity index (χ0n) is 10.5. The van der Waals surface area contributed by atoms with Crippen molar-refractivity contribution < 1.29 is 0 Å². The van der Waals surface area contributed by atoms with Gasteiger partial charge in [-0.25, -0.2) is 0 Å². The normalized spacial score (nSPS) is 10.5. The third-order valence-electron chi connectivity index (χ3n) is 2.91. The minimum Gasteiger partial charge on any atom is -0.369 e. The predicted molar refractivity (Wildman–Crippen MR) is 90.3 cm³/mol. The van der Waals surface area contributed by atoms with Crippen LogP contribution < -0.4 is 4.90 Å². The second-order valence-corrected chi connectivity index (χ2v) is 6.25. The maximum atomic E-state index is 5.90. The number of hydrogen-bond donors (Lipinski definition) is 0. The molecule has 0 N–H and O–H groups in total. The Kier molecular flexibility index (Phi) is 5.31. The smallest absolute Gasteiger partial charge is 0.0511 e. The molecule has 2 aromatic rings. The molecule has 100 valence electrons. The van der Waals surface area contributed by atoms with Crippen LogP contribution in [0, 0.1) is 0 Å². The van der Waals surface area contributed by atoms with Gasteiger partial charge in [-0.3, -0.25) is 0 Å². The van der Waals surface area contributed by atoms with Crippen molar-refractivity contribution in [2.75, 3.05) is 11.9 Å². The summed E-state index contributed by atoms with van der Waals surface area (Å²) in [6.45, 7) is 0.851. The van der Waals surface area contributed by atoms with E-state index in [9.17, 15) is 0 Å². The van der Waals surface area contributed by atoms with Crippen molar-refractivity contribution in [3.63, 3.8) is 0 Å². The van der Waals surface area contributed by atoms with Crippen molar-refractivity contribution in [3.8, 4) is 0 Å². The molecule has 0 aliphatic rings. The van der Waals surface area contributed by atoms with Crippen molar-refractivity contribution in [3.05, 3.63) is 63.1 Å². The number of anilines is 1. The summed E-state index contributed by atoms with van der Waals surface area (Å²) in [4.78, 5) is 2.21. The van der Waals surface area contributed by atoms with Crippen molar-refractivity contribution >= 4 is 49.1 Å². The summed E-state index contributed by atoms with van der Waals surface area (Å²) < 4.78 is 1.11. The van der Waals surface area contributed by atoms with Gasteiger partial charge in [0.25, 0.3) is 0 Å². The van der Waals surface area contributed by atoms with E-state index in [1.807, 2.05) is 12.1 Å². The first-order chi connectivity index (χ1) is 9.10. The Balaban J connectivity index is 2.15. The summed E-state index contributed by atoms with van der Waals surface area (Å²) in [7, 11) is 2.09.